The first-order chi connectivity index (χ1) is 7.34. The van der Waals surface area contributed by atoms with Crippen molar-refractivity contribution in [1.29, 1.82) is 0 Å². The molecule has 0 unspecified atom stereocenters. The summed E-state index contributed by atoms with van der Waals surface area (Å²) in [6.07, 6.45) is 1.09. The molecule has 0 aliphatic carbocycles. The molecule has 0 fully saturated rings. The van der Waals surface area contributed by atoms with E-state index >= 15 is 0 Å². The van der Waals surface area contributed by atoms with Gasteiger partial charge in [-0.1, -0.05) is 0 Å². The zero-order valence-electron chi connectivity index (χ0n) is 9.99. The Kier molecular flexibility index (Phi) is 6.41. The van der Waals surface area contributed by atoms with Crippen molar-refractivity contribution in [2.45, 2.75) is 26.2 Å². The van der Waals surface area contributed by atoms with Crippen molar-refractivity contribution >= 4 is 11.9 Å². The van der Waals surface area contributed by atoms with E-state index in [1.807, 2.05) is 19.0 Å². The van der Waals surface area contributed by atoms with Crippen LogP contribution in [0.25, 0.3) is 0 Å². The van der Waals surface area contributed by atoms with Gasteiger partial charge in [-0.2, -0.15) is 0 Å². The molecule has 0 aliphatic rings. The SMILES string of the molecule is CC(C(=O)O)=C(CCCN(C)C)CC(=O)O. The summed E-state index contributed by atoms with van der Waals surface area (Å²) in [6.45, 7) is 2.27. The van der Waals surface area contributed by atoms with Gasteiger partial charge in [-0.05, 0) is 46.0 Å². The van der Waals surface area contributed by atoms with Crippen molar-refractivity contribution in [2.75, 3.05) is 20.6 Å². The van der Waals surface area contributed by atoms with E-state index < -0.39 is 11.9 Å². The van der Waals surface area contributed by atoms with Gasteiger partial charge in [0.05, 0.1) is 6.42 Å². The number of carbonyl (C=O) groups is 2. The van der Waals surface area contributed by atoms with Crippen molar-refractivity contribution in [3.8, 4) is 0 Å². The normalized spacial score (nSPS) is 12.5. The summed E-state index contributed by atoms with van der Waals surface area (Å²) >= 11 is 0. The van der Waals surface area contributed by atoms with Crippen LogP contribution in [0, 0.1) is 0 Å². The number of carboxylic acids is 2. The molecule has 0 aromatic rings. The molecule has 0 aliphatic heterocycles. The second kappa shape index (κ2) is 7.00. The first-order valence-corrected chi connectivity index (χ1v) is 5.13. The molecule has 5 heteroatoms. The summed E-state index contributed by atoms with van der Waals surface area (Å²) in [7, 11) is 3.84. The molecule has 0 heterocycles. The smallest absolute Gasteiger partial charge is 0.331 e. The molecule has 2 N–H and O–H groups in total. The largest absolute Gasteiger partial charge is 0.481 e. The third kappa shape index (κ3) is 6.19. The highest BCUT2D eigenvalue weighted by molar-refractivity contribution is 5.88. The van der Waals surface area contributed by atoms with Crippen LogP contribution in [0.15, 0.2) is 11.1 Å². The first-order valence-electron chi connectivity index (χ1n) is 5.13. The first kappa shape index (κ1) is 14.6. The van der Waals surface area contributed by atoms with Gasteiger partial charge in [-0.25, -0.2) is 4.79 Å². The molecule has 0 atom stereocenters. The minimum absolute atomic E-state index is 0.154. The zero-order chi connectivity index (χ0) is 12.7. The van der Waals surface area contributed by atoms with Crippen LogP contribution in [-0.2, 0) is 9.59 Å². The Morgan fingerprint density at radius 2 is 1.75 bits per heavy atom. The Morgan fingerprint density at radius 3 is 2.12 bits per heavy atom. The minimum Gasteiger partial charge on any atom is -0.481 e. The van der Waals surface area contributed by atoms with E-state index in [1.165, 1.54) is 6.92 Å². The molecule has 0 rings (SSSR count). The fraction of sp³-hybridized carbons (Fsp3) is 0.636. The molecule has 92 valence electrons. The number of carboxylic acid groups (broad SMARTS) is 2. The molecule has 0 saturated heterocycles. The van der Waals surface area contributed by atoms with Crippen molar-refractivity contribution in [2.24, 2.45) is 0 Å². The van der Waals surface area contributed by atoms with Gasteiger partial charge >= 0.3 is 11.9 Å². The third-order valence-corrected chi connectivity index (χ3v) is 2.30. The predicted octanol–water partition coefficient (Wildman–Crippen LogP) is 1.20. The van der Waals surface area contributed by atoms with Crippen molar-refractivity contribution in [1.82, 2.24) is 4.90 Å². The van der Waals surface area contributed by atoms with Gasteiger partial charge in [0.15, 0.2) is 0 Å². The van der Waals surface area contributed by atoms with E-state index in [1.54, 1.807) is 0 Å². The minimum atomic E-state index is -1.04. The lowest BCUT2D eigenvalue weighted by Crippen LogP contribution is -2.14. The number of rotatable bonds is 7. The fourth-order valence-electron chi connectivity index (χ4n) is 1.35. The number of aliphatic carboxylic acids is 2. The molecule has 0 amide bonds. The van der Waals surface area contributed by atoms with Crippen LogP contribution in [0.3, 0.4) is 0 Å². The second-order valence-electron chi connectivity index (χ2n) is 4.01. The van der Waals surface area contributed by atoms with Gasteiger partial charge in [-0.15, -0.1) is 0 Å². The van der Waals surface area contributed by atoms with Gasteiger partial charge in [0.25, 0.3) is 0 Å². The Labute approximate surface area is 95.4 Å². The summed E-state index contributed by atoms with van der Waals surface area (Å²) in [5.41, 5.74) is 0.656. The van der Waals surface area contributed by atoms with Crippen LogP contribution in [0.5, 0.6) is 0 Å². The number of nitrogens with zero attached hydrogens (tertiary/aromatic N) is 1. The lowest BCUT2D eigenvalue weighted by molar-refractivity contribution is -0.136. The standard InChI is InChI=1S/C11H19NO4/c1-8(11(15)16)9(7-10(13)14)5-4-6-12(2)3/h4-7H2,1-3H3,(H,13,14)(H,15,16). The molecule has 0 bridgehead atoms. The maximum absolute atomic E-state index is 10.8. The van der Waals surface area contributed by atoms with E-state index in [2.05, 4.69) is 0 Å². The average molecular weight is 229 g/mol. The molecule has 0 aromatic heterocycles. The fourth-order valence-corrected chi connectivity index (χ4v) is 1.35. The van der Waals surface area contributed by atoms with Crippen LogP contribution in [0.1, 0.15) is 26.2 Å². The maximum atomic E-state index is 10.8. The monoisotopic (exact) mass is 229 g/mol. The van der Waals surface area contributed by atoms with Crippen molar-refractivity contribution < 1.29 is 19.8 Å². The average Bonchev–Trinajstić information content (AvgIpc) is 2.13. The molecule has 16 heavy (non-hydrogen) atoms. The van der Waals surface area contributed by atoms with Gasteiger partial charge in [0, 0.05) is 5.57 Å². The van der Waals surface area contributed by atoms with Crippen LogP contribution in [0.2, 0.25) is 0 Å². The zero-order valence-corrected chi connectivity index (χ0v) is 9.99. The number of hydrogen-bond acceptors (Lipinski definition) is 3. The summed E-state index contributed by atoms with van der Waals surface area (Å²) in [5, 5.41) is 17.5. The van der Waals surface area contributed by atoms with Crippen LogP contribution >= 0.6 is 0 Å². The van der Waals surface area contributed by atoms with E-state index in [0.29, 0.717) is 12.0 Å². The predicted molar refractivity (Wildman–Crippen MR) is 60.4 cm³/mol. The summed E-state index contributed by atoms with van der Waals surface area (Å²) in [4.78, 5) is 23.3. The molecule has 0 aromatic carbocycles. The van der Waals surface area contributed by atoms with E-state index in [-0.39, 0.29) is 12.0 Å². The van der Waals surface area contributed by atoms with Gasteiger partial charge in [-0.3, -0.25) is 4.79 Å². The van der Waals surface area contributed by atoms with Gasteiger partial charge in [0.1, 0.15) is 0 Å². The summed E-state index contributed by atoms with van der Waals surface area (Å²) in [5.74, 6) is -2.03. The lowest BCUT2D eigenvalue weighted by atomic mass is 10.0. The quantitative estimate of drug-likeness (QED) is 0.641. The Hall–Kier alpha value is -1.36. The topological polar surface area (TPSA) is 77.8 Å². The summed E-state index contributed by atoms with van der Waals surface area (Å²) < 4.78 is 0. The molecule has 0 spiro atoms. The second-order valence-corrected chi connectivity index (χ2v) is 4.01. The van der Waals surface area contributed by atoms with Crippen LogP contribution in [0.4, 0.5) is 0 Å². The van der Waals surface area contributed by atoms with Crippen LogP contribution in [-0.4, -0.2) is 47.7 Å². The molecule has 0 radical (unpaired) electrons. The highest BCUT2D eigenvalue weighted by atomic mass is 16.4. The third-order valence-electron chi connectivity index (χ3n) is 2.30. The Bertz CT molecular complexity index is 294. The molecular weight excluding hydrogens is 210 g/mol. The Morgan fingerprint density at radius 1 is 1.19 bits per heavy atom. The number of hydrogen-bond donors (Lipinski definition) is 2. The van der Waals surface area contributed by atoms with E-state index in [4.69, 9.17) is 10.2 Å². The van der Waals surface area contributed by atoms with E-state index in [9.17, 15) is 9.59 Å². The van der Waals surface area contributed by atoms with Crippen molar-refractivity contribution in [3.05, 3.63) is 11.1 Å². The highest BCUT2D eigenvalue weighted by Gasteiger charge is 2.12. The van der Waals surface area contributed by atoms with Crippen molar-refractivity contribution in [3.63, 3.8) is 0 Å². The maximum Gasteiger partial charge on any atom is 0.331 e. The Balaban J connectivity index is 4.50. The van der Waals surface area contributed by atoms with Gasteiger partial charge < -0.3 is 15.1 Å². The van der Waals surface area contributed by atoms with Gasteiger partial charge in [0.2, 0.25) is 0 Å². The van der Waals surface area contributed by atoms with Crippen LogP contribution < -0.4 is 0 Å². The molecular formula is C11H19NO4. The lowest BCUT2D eigenvalue weighted by Gasteiger charge is -2.11. The highest BCUT2D eigenvalue weighted by Crippen LogP contribution is 2.15. The summed E-state index contributed by atoms with van der Waals surface area (Å²) in [6, 6.07) is 0. The molecule has 5 nitrogen and oxygen atoms in total. The molecule has 0 saturated carbocycles. The van der Waals surface area contributed by atoms with E-state index in [0.717, 1.165) is 13.0 Å².